The van der Waals surface area contributed by atoms with Gasteiger partial charge >= 0.3 is 0 Å². The second-order valence-electron chi connectivity index (χ2n) is 7.16. The highest BCUT2D eigenvalue weighted by atomic mass is 32.1. The fourth-order valence-electron chi connectivity index (χ4n) is 3.15. The van der Waals surface area contributed by atoms with E-state index in [1.165, 1.54) is 11.3 Å². The van der Waals surface area contributed by atoms with E-state index in [9.17, 15) is 9.59 Å². The predicted octanol–water partition coefficient (Wildman–Crippen LogP) is 4.30. The van der Waals surface area contributed by atoms with Crippen molar-refractivity contribution in [1.29, 1.82) is 5.26 Å². The van der Waals surface area contributed by atoms with Gasteiger partial charge in [0.05, 0.1) is 23.9 Å². The van der Waals surface area contributed by atoms with E-state index in [-0.39, 0.29) is 18.4 Å². The van der Waals surface area contributed by atoms with E-state index in [4.69, 9.17) is 11.0 Å². The zero-order chi connectivity index (χ0) is 23.2. The van der Waals surface area contributed by atoms with E-state index in [1.807, 2.05) is 47.8 Å². The molecule has 0 atom stereocenters. The molecule has 0 unspecified atom stereocenters. The molecule has 2 amide bonds. The standard InChI is InChI=1S/C25H19N5O2S/c26-13-16-3-1-4-18(11-16)19-5-2-6-20(12-19)22-15-33-25(29-22)30-23(31)14-28-24(32)17-7-9-21(27)10-8-17/h1-12,15H,14,27H2,(H,28,32)(H,29,30,31). The quantitative estimate of drug-likeness (QED) is 0.376. The van der Waals surface area contributed by atoms with Crippen molar-refractivity contribution in [3.8, 4) is 28.5 Å². The van der Waals surface area contributed by atoms with Gasteiger partial charge < -0.3 is 16.4 Å². The highest BCUT2D eigenvalue weighted by molar-refractivity contribution is 7.14. The van der Waals surface area contributed by atoms with Crippen molar-refractivity contribution in [2.75, 3.05) is 17.6 Å². The molecule has 4 rings (SSSR count). The largest absolute Gasteiger partial charge is 0.399 e. The van der Waals surface area contributed by atoms with Gasteiger partial charge in [0.15, 0.2) is 5.13 Å². The van der Waals surface area contributed by atoms with Gasteiger partial charge in [0, 0.05) is 22.2 Å². The lowest BCUT2D eigenvalue weighted by atomic mass is 10.0. The van der Waals surface area contributed by atoms with E-state index in [0.29, 0.717) is 21.9 Å². The van der Waals surface area contributed by atoms with Crippen LogP contribution in [0.1, 0.15) is 15.9 Å². The number of benzene rings is 3. The molecule has 0 aliphatic carbocycles. The van der Waals surface area contributed by atoms with Gasteiger partial charge in [-0.2, -0.15) is 5.26 Å². The lowest BCUT2D eigenvalue weighted by Crippen LogP contribution is -2.32. The molecule has 0 saturated heterocycles. The smallest absolute Gasteiger partial charge is 0.251 e. The summed E-state index contributed by atoms with van der Waals surface area (Å²) in [4.78, 5) is 28.9. The molecule has 0 radical (unpaired) electrons. The molecule has 1 heterocycles. The van der Waals surface area contributed by atoms with Gasteiger partial charge in [-0.3, -0.25) is 9.59 Å². The molecule has 0 saturated carbocycles. The van der Waals surface area contributed by atoms with E-state index in [0.717, 1.165) is 22.4 Å². The normalized spacial score (nSPS) is 10.3. The summed E-state index contributed by atoms with van der Waals surface area (Å²) in [6.45, 7) is -0.178. The Morgan fingerprint density at radius 3 is 2.42 bits per heavy atom. The Kier molecular flexibility index (Phi) is 6.43. The summed E-state index contributed by atoms with van der Waals surface area (Å²) < 4.78 is 0. The third-order valence-electron chi connectivity index (χ3n) is 4.82. The van der Waals surface area contributed by atoms with Crippen LogP contribution in [0, 0.1) is 11.3 Å². The number of nitrogens with one attached hydrogen (secondary N) is 2. The lowest BCUT2D eigenvalue weighted by Gasteiger charge is -2.06. The van der Waals surface area contributed by atoms with Gasteiger partial charge in [-0.15, -0.1) is 11.3 Å². The third kappa shape index (κ3) is 5.42. The van der Waals surface area contributed by atoms with Crippen LogP contribution < -0.4 is 16.4 Å². The summed E-state index contributed by atoms with van der Waals surface area (Å²) in [6.07, 6.45) is 0. The number of hydrogen-bond acceptors (Lipinski definition) is 6. The Balaban J connectivity index is 1.39. The predicted molar refractivity (Wildman–Crippen MR) is 130 cm³/mol. The van der Waals surface area contributed by atoms with Gasteiger partial charge in [-0.05, 0) is 53.6 Å². The maximum Gasteiger partial charge on any atom is 0.251 e. The zero-order valence-corrected chi connectivity index (χ0v) is 18.2. The first kappa shape index (κ1) is 21.7. The van der Waals surface area contributed by atoms with Crippen LogP contribution in [0.2, 0.25) is 0 Å². The Bertz CT molecular complexity index is 1360. The first-order valence-corrected chi connectivity index (χ1v) is 10.9. The van der Waals surface area contributed by atoms with Crippen LogP contribution in [0.4, 0.5) is 10.8 Å². The lowest BCUT2D eigenvalue weighted by molar-refractivity contribution is -0.115. The molecule has 3 aromatic carbocycles. The van der Waals surface area contributed by atoms with Crippen molar-refractivity contribution in [2.45, 2.75) is 0 Å². The van der Waals surface area contributed by atoms with Gasteiger partial charge in [0.2, 0.25) is 5.91 Å². The van der Waals surface area contributed by atoms with Crippen LogP contribution in [0.3, 0.4) is 0 Å². The topological polar surface area (TPSA) is 121 Å². The monoisotopic (exact) mass is 453 g/mol. The Morgan fingerprint density at radius 2 is 1.67 bits per heavy atom. The number of hydrogen-bond donors (Lipinski definition) is 3. The van der Waals surface area contributed by atoms with Gasteiger partial charge in [-0.1, -0.05) is 30.3 Å². The SMILES string of the molecule is N#Cc1cccc(-c2cccc(-c3csc(NC(=O)CNC(=O)c4ccc(N)cc4)n3)c2)c1. The highest BCUT2D eigenvalue weighted by Gasteiger charge is 2.11. The number of carbonyl (C=O) groups excluding carboxylic acids is 2. The second kappa shape index (κ2) is 9.77. The number of aromatic nitrogens is 1. The molecule has 162 valence electrons. The fourth-order valence-corrected chi connectivity index (χ4v) is 3.89. The number of rotatable bonds is 6. The minimum atomic E-state index is -0.373. The van der Waals surface area contributed by atoms with Crippen molar-refractivity contribution < 1.29 is 9.59 Å². The molecule has 0 spiro atoms. The third-order valence-corrected chi connectivity index (χ3v) is 5.57. The Morgan fingerprint density at radius 1 is 0.970 bits per heavy atom. The number of amides is 2. The van der Waals surface area contributed by atoms with Crippen LogP contribution in [-0.4, -0.2) is 23.3 Å². The first-order valence-electron chi connectivity index (χ1n) is 10.0. The number of carbonyl (C=O) groups is 2. The van der Waals surface area contributed by atoms with E-state index in [2.05, 4.69) is 21.7 Å². The summed E-state index contributed by atoms with van der Waals surface area (Å²) in [7, 11) is 0. The van der Waals surface area contributed by atoms with E-state index >= 15 is 0 Å². The Labute approximate surface area is 194 Å². The van der Waals surface area contributed by atoms with Gasteiger partial charge in [0.25, 0.3) is 5.91 Å². The molecule has 1 aromatic heterocycles. The van der Waals surface area contributed by atoms with Crippen LogP contribution in [0.25, 0.3) is 22.4 Å². The molecule has 0 aliphatic rings. The van der Waals surface area contributed by atoms with Gasteiger partial charge in [-0.25, -0.2) is 4.98 Å². The number of thiazole rings is 1. The summed E-state index contributed by atoms with van der Waals surface area (Å²) in [5.74, 6) is -0.732. The fraction of sp³-hybridized carbons (Fsp3) is 0.0400. The number of nitrogens with two attached hydrogens (primary N) is 1. The highest BCUT2D eigenvalue weighted by Crippen LogP contribution is 2.29. The summed E-state index contributed by atoms with van der Waals surface area (Å²) in [5.41, 5.74) is 10.7. The molecule has 7 nitrogen and oxygen atoms in total. The van der Waals surface area contributed by atoms with Crippen molar-refractivity contribution in [3.05, 3.63) is 89.3 Å². The average Bonchev–Trinajstić information content (AvgIpc) is 3.31. The van der Waals surface area contributed by atoms with Crippen LogP contribution in [-0.2, 0) is 4.79 Å². The van der Waals surface area contributed by atoms with Crippen molar-refractivity contribution in [2.24, 2.45) is 0 Å². The van der Waals surface area contributed by atoms with E-state index < -0.39 is 0 Å². The first-order chi connectivity index (χ1) is 16.0. The summed E-state index contributed by atoms with van der Waals surface area (Å²) in [6, 6.07) is 23.8. The van der Waals surface area contributed by atoms with Crippen LogP contribution >= 0.6 is 11.3 Å². The second-order valence-corrected chi connectivity index (χ2v) is 8.02. The molecule has 8 heteroatoms. The van der Waals surface area contributed by atoms with Gasteiger partial charge in [0.1, 0.15) is 0 Å². The maximum absolute atomic E-state index is 12.2. The molecular weight excluding hydrogens is 434 g/mol. The number of nitrogens with zero attached hydrogens (tertiary/aromatic N) is 2. The summed E-state index contributed by atoms with van der Waals surface area (Å²) >= 11 is 1.30. The molecular formula is C25H19N5O2S. The van der Waals surface area contributed by atoms with Crippen LogP contribution in [0.5, 0.6) is 0 Å². The Hall–Kier alpha value is -4.48. The number of nitriles is 1. The average molecular weight is 454 g/mol. The molecule has 0 aliphatic heterocycles. The molecule has 33 heavy (non-hydrogen) atoms. The molecule has 4 N–H and O–H groups in total. The van der Waals surface area contributed by atoms with Crippen LogP contribution in [0.15, 0.2) is 78.2 Å². The van der Waals surface area contributed by atoms with Crippen molar-refractivity contribution >= 4 is 34.0 Å². The maximum atomic E-state index is 12.2. The number of anilines is 2. The minimum Gasteiger partial charge on any atom is -0.399 e. The van der Waals surface area contributed by atoms with Crippen molar-refractivity contribution in [3.63, 3.8) is 0 Å². The van der Waals surface area contributed by atoms with E-state index in [1.54, 1.807) is 30.3 Å². The zero-order valence-electron chi connectivity index (χ0n) is 17.4. The number of nitrogen functional groups attached to an aromatic ring is 1. The minimum absolute atomic E-state index is 0.178. The van der Waals surface area contributed by atoms with Crippen molar-refractivity contribution in [1.82, 2.24) is 10.3 Å². The summed E-state index contributed by atoms with van der Waals surface area (Å²) in [5, 5.41) is 16.7. The molecule has 0 fully saturated rings. The molecule has 0 bridgehead atoms. The molecule has 4 aromatic rings.